The van der Waals surface area contributed by atoms with Crippen molar-refractivity contribution in [2.24, 2.45) is 5.92 Å². The van der Waals surface area contributed by atoms with E-state index >= 15 is 0 Å². The largest absolute Gasteiger partial charge is 0.312 e. The first-order valence-corrected chi connectivity index (χ1v) is 7.38. The molecule has 0 bridgehead atoms. The van der Waals surface area contributed by atoms with Crippen LogP contribution in [0.25, 0.3) is 0 Å². The molecule has 100 valence electrons. The molecule has 4 nitrogen and oxygen atoms in total. The van der Waals surface area contributed by atoms with Gasteiger partial charge >= 0.3 is 0 Å². The minimum Gasteiger partial charge on any atom is -0.312 e. The van der Waals surface area contributed by atoms with Gasteiger partial charge in [-0.15, -0.1) is 10.2 Å². The van der Waals surface area contributed by atoms with E-state index in [1.807, 2.05) is 0 Å². The summed E-state index contributed by atoms with van der Waals surface area (Å²) in [6, 6.07) is 0. The van der Waals surface area contributed by atoms with Crippen LogP contribution in [0.5, 0.6) is 0 Å². The van der Waals surface area contributed by atoms with Crippen LogP contribution < -0.4 is 0 Å². The molecule has 0 unspecified atom stereocenters. The molecule has 1 aliphatic heterocycles. The zero-order valence-electron chi connectivity index (χ0n) is 11.6. The molecule has 2 heterocycles. The van der Waals surface area contributed by atoms with Gasteiger partial charge in [0.1, 0.15) is 11.6 Å². The first-order chi connectivity index (χ1) is 8.74. The van der Waals surface area contributed by atoms with Gasteiger partial charge in [0, 0.05) is 25.6 Å². The zero-order chi connectivity index (χ0) is 12.5. The Kier molecular flexibility index (Phi) is 3.37. The van der Waals surface area contributed by atoms with Crippen molar-refractivity contribution < 1.29 is 0 Å². The van der Waals surface area contributed by atoms with E-state index in [9.17, 15) is 0 Å². The Morgan fingerprint density at radius 1 is 1.17 bits per heavy atom. The Morgan fingerprint density at radius 2 is 1.94 bits per heavy atom. The maximum Gasteiger partial charge on any atom is 0.147 e. The van der Waals surface area contributed by atoms with Crippen molar-refractivity contribution in [2.75, 3.05) is 13.1 Å². The normalized spacial score (nSPS) is 21.7. The van der Waals surface area contributed by atoms with Gasteiger partial charge in [0.2, 0.25) is 0 Å². The van der Waals surface area contributed by atoms with E-state index in [2.05, 4.69) is 33.5 Å². The lowest BCUT2D eigenvalue weighted by molar-refractivity contribution is 0.184. The number of aromatic nitrogens is 3. The van der Waals surface area contributed by atoms with Gasteiger partial charge in [0.15, 0.2) is 0 Å². The Bertz CT molecular complexity index is 404. The first kappa shape index (κ1) is 12.2. The summed E-state index contributed by atoms with van der Waals surface area (Å²) in [7, 11) is 0. The zero-order valence-corrected chi connectivity index (χ0v) is 11.6. The molecule has 0 saturated heterocycles. The lowest BCUT2D eigenvalue weighted by Crippen LogP contribution is -2.37. The average molecular weight is 248 g/mol. The standard InChI is InChI=1S/C14H24N4/c1-11(2)14-16-15-13-10-17(7-8-18(13)14)9-12-5-3-4-6-12/h11-12H,3-10H2,1-2H3. The molecule has 4 heteroatoms. The smallest absolute Gasteiger partial charge is 0.147 e. The third-order valence-corrected chi connectivity index (χ3v) is 4.37. The first-order valence-electron chi connectivity index (χ1n) is 7.38. The molecular formula is C14H24N4. The van der Waals surface area contributed by atoms with E-state index in [0.29, 0.717) is 5.92 Å². The van der Waals surface area contributed by atoms with Crippen molar-refractivity contribution in [1.29, 1.82) is 0 Å². The van der Waals surface area contributed by atoms with Crippen LogP contribution in [-0.2, 0) is 13.1 Å². The summed E-state index contributed by atoms with van der Waals surface area (Å²) in [6.45, 7) is 8.90. The van der Waals surface area contributed by atoms with E-state index in [0.717, 1.165) is 24.8 Å². The predicted octanol–water partition coefficient (Wildman–Crippen LogP) is 2.41. The minimum atomic E-state index is 0.479. The highest BCUT2D eigenvalue weighted by Crippen LogP contribution is 2.27. The minimum absolute atomic E-state index is 0.479. The monoisotopic (exact) mass is 248 g/mol. The molecule has 0 atom stereocenters. The Labute approximate surface area is 109 Å². The average Bonchev–Trinajstić information content (AvgIpc) is 2.97. The number of hydrogen-bond acceptors (Lipinski definition) is 3. The molecule has 1 saturated carbocycles. The maximum absolute atomic E-state index is 4.37. The van der Waals surface area contributed by atoms with E-state index in [1.165, 1.54) is 44.6 Å². The number of nitrogens with zero attached hydrogens (tertiary/aromatic N) is 4. The molecule has 3 rings (SSSR count). The van der Waals surface area contributed by atoms with Crippen molar-refractivity contribution in [3.8, 4) is 0 Å². The summed E-state index contributed by atoms with van der Waals surface area (Å²) in [4.78, 5) is 2.57. The fraction of sp³-hybridized carbons (Fsp3) is 0.857. The van der Waals surface area contributed by atoms with Crippen LogP contribution in [0.2, 0.25) is 0 Å². The highest BCUT2D eigenvalue weighted by Gasteiger charge is 2.25. The van der Waals surface area contributed by atoms with Gasteiger partial charge < -0.3 is 4.57 Å². The lowest BCUT2D eigenvalue weighted by atomic mass is 10.1. The van der Waals surface area contributed by atoms with Gasteiger partial charge in [0.25, 0.3) is 0 Å². The van der Waals surface area contributed by atoms with Crippen molar-refractivity contribution in [2.45, 2.75) is 58.5 Å². The van der Waals surface area contributed by atoms with Gasteiger partial charge in [-0.25, -0.2) is 0 Å². The highest BCUT2D eigenvalue weighted by atomic mass is 15.3. The summed E-state index contributed by atoms with van der Waals surface area (Å²) in [5.41, 5.74) is 0. The fourth-order valence-electron chi connectivity index (χ4n) is 3.37. The molecule has 1 fully saturated rings. The second-order valence-electron chi connectivity index (χ2n) is 6.17. The number of rotatable bonds is 3. The lowest BCUT2D eigenvalue weighted by Gasteiger charge is -2.30. The van der Waals surface area contributed by atoms with Crippen LogP contribution in [0.15, 0.2) is 0 Å². The molecule has 0 aromatic carbocycles. The summed E-state index contributed by atoms with van der Waals surface area (Å²) >= 11 is 0. The number of fused-ring (bicyclic) bond motifs is 1. The van der Waals surface area contributed by atoms with Crippen LogP contribution in [0, 0.1) is 5.92 Å². The second kappa shape index (κ2) is 5.00. The fourth-order valence-corrected chi connectivity index (χ4v) is 3.37. The Hall–Kier alpha value is -0.900. The molecule has 1 aliphatic carbocycles. The number of hydrogen-bond donors (Lipinski definition) is 0. The van der Waals surface area contributed by atoms with Crippen LogP contribution in [-0.4, -0.2) is 32.8 Å². The molecule has 18 heavy (non-hydrogen) atoms. The Balaban J connectivity index is 1.66. The summed E-state index contributed by atoms with van der Waals surface area (Å²) in [5, 5.41) is 8.72. The second-order valence-corrected chi connectivity index (χ2v) is 6.17. The van der Waals surface area contributed by atoms with Crippen LogP contribution in [0.1, 0.15) is 57.1 Å². The van der Waals surface area contributed by atoms with Gasteiger partial charge in [-0.2, -0.15) is 0 Å². The van der Waals surface area contributed by atoms with Crippen molar-refractivity contribution in [3.63, 3.8) is 0 Å². The predicted molar refractivity (Wildman–Crippen MR) is 71.3 cm³/mol. The molecule has 0 N–H and O–H groups in total. The molecule has 0 radical (unpaired) electrons. The Morgan fingerprint density at radius 3 is 2.67 bits per heavy atom. The van der Waals surface area contributed by atoms with Gasteiger partial charge in [-0.05, 0) is 18.8 Å². The topological polar surface area (TPSA) is 34.0 Å². The third-order valence-electron chi connectivity index (χ3n) is 4.37. The van der Waals surface area contributed by atoms with Crippen molar-refractivity contribution in [1.82, 2.24) is 19.7 Å². The molecule has 2 aliphatic rings. The molecule has 1 aromatic heterocycles. The van der Waals surface area contributed by atoms with Gasteiger partial charge in [-0.3, -0.25) is 4.90 Å². The highest BCUT2D eigenvalue weighted by molar-refractivity contribution is 5.02. The van der Waals surface area contributed by atoms with Gasteiger partial charge in [0.05, 0.1) is 6.54 Å². The quantitative estimate of drug-likeness (QED) is 0.823. The van der Waals surface area contributed by atoms with E-state index in [-0.39, 0.29) is 0 Å². The van der Waals surface area contributed by atoms with E-state index in [4.69, 9.17) is 0 Å². The van der Waals surface area contributed by atoms with Crippen LogP contribution in [0.3, 0.4) is 0 Å². The van der Waals surface area contributed by atoms with Crippen LogP contribution >= 0.6 is 0 Å². The third kappa shape index (κ3) is 2.30. The van der Waals surface area contributed by atoms with E-state index in [1.54, 1.807) is 0 Å². The summed E-state index contributed by atoms with van der Waals surface area (Å²) < 4.78 is 2.33. The van der Waals surface area contributed by atoms with Crippen molar-refractivity contribution in [3.05, 3.63) is 11.6 Å². The van der Waals surface area contributed by atoms with Gasteiger partial charge in [-0.1, -0.05) is 26.7 Å². The van der Waals surface area contributed by atoms with E-state index < -0.39 is 0 Å². The molecule has 0 amide bonds. The SMILES string of the molecule is CC(C)c1nnc2n1CCN(CC1CCCC1)C2. The molecular weight excluding hydrogens is 224 g/mol. The summed E-state index contributed by atoms with van der Waals surface area (Å²) in [5.74, 6) is 3.74. The maximum atomic E-state index is 4.37. The summed E-state index contributed by atoms with van der Waals surface area (Å²) in [6.07, 6.45) is 5.74. The molecule has 0 spiro atoms. The van der Waals surface area contributed by atoms with Crippen molar-refractivity contribution >= 4 is 0 Å². The van der Waals surface area contributed by atoms with Crippen LogP contribution in [0.4, 0.5) is 0 Å². The molecule has 1 aromatic rings.